The van der Waals surface area contributed by atoms with Gasteiger partial charge in [-0.25, -0.2) is 4.98 Å². The zero-order chi connectivity index (χ0) is 14.2. The lowest BCUT2D eigenvalue weighted by Crippen LogP contribution is -2.36. The minimum Gasteiger partial charge on any atom is -0.389 e. The smallest absolute Gasteiger partial charge is 0.139 e. The Morgan fingerprint density at radius 3 is 2.74 bits per heavy atom. The average Bonchev–Trinajstić information content (AvgIpc) is 2.75. The van der Waals surface area contributed by atoms with Gasteiger partial charge in [0.25, 0.3) is 0 Å². The molecule has 3 nitrogen and oxygen atoms in total. The van der Waals surface area contributed by atoms with Gasteiger partial charge in [-0.15, -0.1) is 0 Å². The fourth-order valence-electron chi connectivity index (χ4n) is 3.08. The van der Waals surface area contributed by atoms with Gasteiger partial charge >= 0.3 is 0 Å². The molecule has 1 unspecified atom stereocenters. The topological polar surface area (TPSA) is 42.1 Å². The maximum atomic E-state index is 5.92. The van der Waals surface area contributed by atoms with Crippen molar-refractivity contribution in [1.29, 1.82) is 0 Å². The molecule has 4 heteroatoms. The second-order valence-corrected chi connectivity index (χ2v) is 6.23. The number of rotatable bonds is 3. The fourth-order valence-corrected chi connectivity index (χ4v) is 3.33. The summed E-state index contributed by atoms with van der Waals surface area (Å²) in [4.78, 5) is 7.58. The second-order valence-electron chi connectivity index (χ2n) is 5.79. The molecule has 0 aliphatic carbocycles. The molecule has 1 aromatic heterocycles. The summed E-state index contributed by atoms with van der Waals surface area (Å²) in [6.45, 7) is 9.68. The van der Waals surface area contributed by atoms with Crippen molar-refractivity contribution < 1.29 is 0 Å². The maximum absolute atomic E-state index is 5.92. The number of hydrogen-bond donors (Lipinski definition) is 1. The lowest BCUT2D eigenvalue weighted by molar-refractivity contribution is 0.489. The van der Waals surface area contributed by atoms with Crippen LogP contribution in [0, 0.1) is 19.8 Å². The van der Waals surface area contributed by atoms with Crippen LogP contribution in [0.4, 0.5) is 5.82 Å². The molecule has 1 atom stereocenters. The summed E-state index contributed by atoms with van der Waals surface area (Å²) in [6, 6.07) is 2.60. The number of aromatic nitrogens is 1. The summed E-state index contributed by atoms with van der Waals surface area (Å²) in [5, 5.41) is 0. The first-order chi connectivity index (χ1) is 8.91. The number of anilines is 1. The van der Waals surface area contributed by atoms with E-state index in [4.69, 9.17) is 22.9 Å². The minimum atomic E-state index is 0.453. The molecule has 2 heterocycles. The van der Waals surface area contributed by atoms with Crippen molar-refractivity contribution in [3.63, 3.8) is 0 Å². The SMILES string of the molecule is Cc1cc(C)c(C(N)=S)c(N2CCCC2C(C)C)n1. The van der Waals surface area contributed by atoms with Crippen molar-refractivity contribution in [3.05, 3.63) is 22.9 Å². The molecule has 104 valence electrons. The number of aryl methyl sites for hydroxylation is 2. The van der Waals surface area contributed by atoms with Crippen LogP contribution >= 0.6 is 12.2 Å². The Morgan fingerprint density at radius 1 is 1.47 bits per heavy atom. The zero-order valence-electron chi connectivity index (χ0n) is 12.2. The second kappa shape index (κ2) is 5.45. The van der Waals surface area contributed by atoms with Gasteiger partial charge in [0.05, 0.1) is 5.56 Å². The van der Waals surface area contributed by atoms with Gasteiger partial charge in [0.1, 0.15) is 10.8 Å². The third-order valence-electron chi connectivity index (χ3n) is 3.91. The summed E-state index contributed by atoms with van der Waals surface area (Å²) in [7, 11) is 0. The third kappa shape index (κ3) is 2.73. The van der Waals surface area contributed by atoms with Crippen LogP contribution in [0.1, 0.15) is 43.5 Å². The summed E-state index contributed by atoms with van der Waals surface area (Å²) in [5.41, 5.74) is 9.03. The molecule has 1 fully saturated rings. The van der Waals surface area contributed by atoms with Crippen molar-refractivity contribution in [2.75, 3.05) is 11.4 Å². The third-order valence-corrected chi connectivity index (χ3v) is 4.12. The molecule has 2 N–H and O–H groups in total. The summed E-state index contributed by atoms with van der Waals surface area (Å²) >= 11 is 5.23. The minimum absolute atomic E-state index is 0.453. The highest BCUT2D eigenvalue weighted by Gasteiger charge is 2.30. The molecule has 1 aromatic rings. The molecule has 0 amide bonds. The van der Waals surface area contributed by atoms with E-state index in [9.17, 15) is 0 Å². The predicted molar refractivity (Wildman–Crippen MR) is 84.8 cm³/mol. The van der Waals surface area contributed by atoms with E-state index in [1.165, 1.54) is 12.8 Å². The highest BCUT2D eigenvalue weighted by molar-refractivity contribution is 7.80. The van der Waals surface area contributed by atoms with E-state index in [2.05, 4.69) is 31.7 Å². The molecule has 0 spiro atoms. The molecular weight excluding hydrogens is 254 g/mol. The van der Waals surface area contributed by atoms with E-state index in [1.807, 2.05) is 6.92 Å². The van der Waals surface area contributed by atoms with Gasteiger partial charge in [-0.05, 0) is 44.2 Å². The predicted octanol–water partition coefficient (Wildman–Crippen LogP) is 2.96. The first-order valence-electron chi connectivity index (χ1n) is 6.96. The Hall–Kier alpha value is -1.16. The molecule has 0 aromatic carbocycles. The highest BCUT2D eigenvalue weighted by atomic mass is 32.1. The van der Waals surface area contributed by atoms with E-state index in [0.29, 0.717) is 16.9 Å². The molecular formula is C15H23N3S. The Bertz CT molecular complexity index is 496. The normalized spacial score (nSPS) is 19.2. The van der Waals surface area contributed by atoms with Crippen LogP contribution in [0.5, 0.6) is 0 Å². The number of pyridine rings is 1. The van der Waals surface area contributed by atoms with Crippen LogP contribution in [-0.2, 0) is 0 Å². The van der Waals surface area contributed by atoms with Crippen molar-refractivity contribution in [3.8, 4) is 0 Å². The quantitative estimate of drug-likeness (QED) is 0.863. The van der Waals surface area contributed by atoms with Crippen LogP contribution < -0.4 is 10.6 Å². The van der Waals surface area contributed by atoms with Crippen LogP contribution in [0.15, 0.2) is 6.07 Å². The van der Waals surface area contributed by atoms with E-state index < -0.39 is 0 Å². The van der Waals surface area contributed by atoms with Gasteiger partial charge in [0, 0.05) is 18.3 Å². The zero-order valence-corrected chi connectivity index (χ0v) is 13.0. The Labute approximate surface area is 121 Å². The molecule has 0 radical (unpaired) electrons. The lowest BCUT2D eigenvalue weighted by atomic mass is 10.0. The Morgan fingerprint density at radius 2 is 2.16 bits per heavy atom. The van der Waals surface area contributed by atoms with E-state index in [1.54, 1.807) is 0 Å². The van der Waals surface area contributed by atoms with Crippen LogP contribution in [0.3, 0.4) is 0 Å². The highest BCUT2D eigenvalue weighted by Crippen LogP contribution is 2.32. The van der Waals surface area contributed by atoms with Crippen molar-refractivity contribution in [1.82, 2.24) is 4.98 Å². The fraction of sp³-hybridized carbons (Fsp3) is 0.600. The van der Waals surface area contributed by atoms with E-state index in [-0.39, 0.29) is 0 Å². The Kier molecular flexibility index (Phi) is 4.09. The van der Waals surface area contributed by atoms with Gasteiger partial charge in [-0.1, -0.05) is 26.1 Å². The standard InChI is InChI=1S/C15H23N3S/c1-9(2)12-6-5-7-18(12)15-13(14(16)19)10(3)8-11(4)17-15/h8-9,12H,5-7H2,1-4H3,(H2,16,19). The Balaban J connectivity index is 2.51. The largest absolute Gasteiger partial charge is 0.389 e. The maximum Gasteiger partial charge on any atom is 0.139 e. The van der Waals surface area contributed by atoms with Gasteiger partial charge < -0.3 is 10.6 Å². The molecule has 2 rings (SSSR count). The molecule has 1 aliphatic heterocycles. The molecule has 1 saturated heterocycles. The van der Waals surface area contributed by atoms with Crippen LogP contribution in [0.2, 0.25) is 0 Å². The summed E-state index contributed by atoms with van der Waals surface area (Å²) in [5.74, 6) is 1.60. The van der Waals surface area contributed by atoms with Crippen LogP contribution in [-0.4, -0.2) is 22.6 Å². The molecule has 19 heavy (non-hydrogen) atoms. The van der Waals surface area contributed by atoms with Gasteiger partial charge in [0.2, 0.25) is 0 Å². The molecule has 0 bridgehead atoms. The summed E-state index contributed by atoms with van der Waals surface area (Å²) < 4.78 is 0. The van der Waals surface area contributed by atoms with Gasteiger partial charge in [0.15, 0.2) is 0 Å². The van der Waals surface area contributed by atoms with Crippen LogP contribution in [0.25, 0.3) is 0 Å². The molecule has 0 saturated carbocycles. The monoisotopic (exact) mass is 277 g/mol. The van der Waals surface area contributed by atoms with Crippen molar-refractivity contribution in [2.45, 2.75) is 46.6 Å². The average molecular weight is 277 g/mol. The van der Waals surface area contributed by atoms with E-state index >= 15 is 0 Å². The number of hydrogen-bond acceptors (Lipinski definition) is 3. The van der Waals surface area contributed by atoms with Gasteiger partial charge in [-0.2, -0.15) is 0 Å². The number of nitrogens with two attached hydrogens (primary N) is 1. The van der Waals surface area contributed by atoms with E-state index in [0.717, 1.165) is 29.2 Å². The van der Waals surface area contributed by atoms with Crippen molar-refractivity contribution in [2.24, 2.45) is 11.7 Å². The molecule has 1 aliphatic rings. The van der Waals surface area contributed by atoms with Crippen molar-refractivity contribution >= 4 is 23.0 Å². The number of nitrogens with zero attached hydrogens (tertiary/aromatic N) is 2. The number of thiocarbonyl (C=S) groups is 1. The van der Waals surface area contributed by atoms with Gasteiger partial charge in [-0.3, -0.25) is 0 Å². The first-order valence-corrected chi connectivity index (χ1v) is 7.37. The lowest BCUT2D eigenvalue weighted by Gasteiger charge is -2.31. The summed E-state index contributed by atoms with van der Waals surface area (Å²) in [6.07, 6.45) is 2.44. The first kappa shape index (κ1) is 14.3.